The van der Waals surface area contributed by atoms with Gasteiger partial charge in [-0.05, 0) is 0 Å². The SMILES string of the molecule is CC(F)(F)C(=O)NCc1ncn[nH]1. The van der Waals surface area contributed by atoms with Crippen LogP contribution in [0, 0.1) is 0 Å². The van der Waals surface area contributed by atoms with Gasteiger partial charge in [-0.25, -0.2) is 4.98 Å². The molecule has 1 aromatic rings. The van der Waals surface area contributed by atoms with Crippen LogP contribution in [0.5, 0.6) is 0 Å². The molecule has 72 valence electrons. The van der Waals surface area contributed by atoms with Crippen molar-refractivity contribution in [3.63, 3.8) is 0 Å². The van der Waals surface area contributed by atoms with Crippen LogP contribution in [-0.4, -0.2) is 27.0 Å². The first-order chi connectivity index (χ1) is 6.00. The van der Waals surface area contributed by atoms with Gasteiger partial charge in [-0.3, -0.25) is 9.89 Å². The van der Waals surface area contributed by atoms with Crippen LogP contribution >= 0.6 is 0 Å². The van der Waals surface area contributed by atoms with Gasteiger partial charge in [-0.1, -0.05) is 0 Å². The Bertz CT molecular complexity index is 279. The van der Waals surface area contributed by atoms with Crippen molar-refractivity contribution in [3.05, 3.63) is 12.2 Å². The van der Waals surface area contributed by atoms with Crippen LogP contribution in [0.4, 0.5) is 8.78 Å². The van der Waals surface area contributed by atoms with E-state index in [4.69, 9.17) is 0 Å². The molecule has 0 aromatic carbocycles. The lowest BCUT2D eigenvalue weighted by atomic mass is 10.3. The summed E-state index contributed by atoms with van der Waals surface area (Å²) in [6.07, 6.45) is 1.23. The summed E-state index contributed by atoms with van der Waals surface area (Å²) in [6.45, 7) is 0.449. The molecule has 0 aliphatic heterocycles. The second-order valence-corrected chi connectivity index (χ2v) is 2.50. The molecular weight excluding hydrogens is 182 g/mol. The number of halogens is 2. The van der Waals surface area contributed by atoms with Crippen LogP contribution in [0.2, 0.25) is 0 Å². The maximum Gasteiger partial charge on any atom is 0.321 e. The molecule has 7 heteroatoms. The standard InChI is InChI=1S/C6H8F2N4O/c1-6(7,8)5(13)9-2-4-10-3-11-12-4/h3H,2H2,1H3,(H,9,13)(H,10,11,12). The van der Waals surface area contributed by atoms with Gasteiger partial charge in [0.15, 0.2) is 0 Å². The summed E-state index contributed by atoms with van der Waals surface area (Å²) in [5, 5.41) is 7.91. The number of aromatic nitrogens is 3. The zero-order chi connectivity index (χ0) is 9.90. The van der Waals surface area contributed by atoms with Gasteiger partial charge >= 0.3 is 5.92 Å². The molecule has 0 spiro atoms. The molecule has 0 bridgehead atoms. The third kappa shape index (κ3) is 2.77. The van der Waals surface area contributed by atoms with E-state index >= 15 is 0 Å². The summed E-state index contributed by atoms with van der Waals surface area (Å²) in [4.78, 5) is 14.3. The van der Waals surface area contributed by atoms with E-state index in [-0.39, 0.29) is 6.54 Å². The lowest BCUT2D eigenvalue weighted by molar-refractivity contribution is -0.143. The molecule has 0 unspecified atom stereocenters. The predicted octanol–water partition coefficient (Wildman–Crippen LogP) is 0.0761. The van der Waals surface area contributed by atoms with Crippen molar-refractivity contribution in [3.8, 4) is 0 Å². The molecule has 1 heterocycles. The second-order valence-electron chi connectivity index (χ2n) is 2.50. The minimum atomic E-state index is -3.36. The summed E-state index contributed by atoms with van der Waals surface area (Å²) < 4.78 is 24.6. The quantitative estimate of drug-likeness (QED) is 0.708. The van der Waals surface area contributed by atoms with E-state index < -0.39 is 11.8 Å². The normalized spacial score (nSPS) is 11.3. The van der Waals surface area contributed by atoms with Gasteiger partial charge in [-0.2, -0.15) is 13.9 Å². The number of carbonyl (C=O) groups excluding carboxylic acids is 1. The molecule has 13 heavy (non-hydrogen) atoms. The molecule has 1 amide bonds. The molecule has 5 nitrogen and oxygen atoms in total. The predicted molar refractivity (Wildman–Crippen MR) is 38.9 cm³/mol. The minimum absolute atomic E-state index is 0.0811. The smallest absolute Gasteiger partial charge is 0.321 e. The van der Waals surface area contributed by atoms with Crippen LogP contribution in [-0.2, 0) is 11.3 Å². The Morgan fingerprint density at radius 2 is 2.46 bits per heavy atom. The summed E-state index contributed by atoms with van der Waals surface area (Å²) >= 11 is 0. The fourth-order valence-corrected chi connectivity index (χ4v) is 0.635. The van der Waals surface area contributed by atoms with Crippen LogP contribution in [0.25, 0.3) is 0 Å². The van der Waals surface area contributed by atoms with Crippen LogP contribution in [0.3, 0.4) is 0 Å². The van der Waals surface area contributed by atoms with Gasteiger partial charge in [0.2, 0.25) is 0 Å². The Morgan fingerprint density at radius 1 is 1.77 bits per heavy atom. The van der Waals surface area contributed by atoms with E-state index in [1.54, 1.807) is 0 Å². The Labute approximate surface area is 72.6 Å². The van der Waals surface area contributed by atoms with E-state index in [1.807, 2.05) is 5.32 Å². The van der Waals surface area contributed by atoms with Crippen molar-refractivity contribution in [2.24, 2.45) is 0 Å². The average molecular weight is 190 g/mol. The zero-order valence-corrected chi connectivity index (χ0v) is 6.84. The molecule has 0 aliphatic rings. The van der Waals surface area contributed by atoms with Crippen molar-refractivity contribution < 1.29 is 13.6 Å². The molecule has 0 fully saturated rings. The van der Waals surface area contributed by atoms with E-state index in [9.17, 15) is 13.6 Å². The number of carbonyl (C=O) groups is 1. The fourth-order valence-electron chi connectivity index (χ4n) is 0.635. The number of nitrogens with zero attached hydrogens (tertiary/aromatic N) is 2. The van der Waals surface area contributed by atoms with Crippen molar-refractivity contribution in [1.29, 1.82) is 0 Å². The van der Waals surface area contributed by atoms with E-state index in [2.05, 4.69) is 15.2 Å². The lowest BCUT2D eigenvalue weighted by Gasteiger charge is -2.08. The molecule has 0 saturated carbocycles. The first-order valence-corrected chi connectivity index (χ1v) is 3.50. The largest absolute Gasteiger partial charge is 0.344 e. The molecule has 0 radical (unpaired) electrons. The Balaban J connectivity index is 2.40. The molecule has 1 aromatic heterocycles. The van der Waals surface area contributed by atoms with Gasteiger partial charge in [0, 0.05) is 6.92 Å². The number of alkyl halides is 2. The van der Waals surface area contributed by atoms with E-state index in [0.29, 0.717) is 12.7 Å². The van der Waals surface area contributed by atoms with Gasteiger partial charge in [0.25, 0.3) is 5.91 Å². The van der Waals surface area contributed by atoms with Crippen molar-refractivity contribution in [2.75, 3.05) is 0 Å². The van der Waals surface area contributed by atoms with Gasteiger partial charge in [-0.15, -0.1) is 0 Å². The second kappa shape index (κ2) is 3.46. The average Bonchev–Trinajstić information content (AvgIpc) is 2.50. The monoisotopic (exact) mass is 190 g/mol. The van der Waals surface area contributed by atoms with Crippen LogP contribution in [0.15, 0.2) is 6.33 Å². The number of hydrogen-bond acceptors (Lipinski definition) is 3. The summed E-state index contributed by atoms with van der Waals surface area (Å²) in [5.74, 6) is -4.36. The van der Waals surface area contributed by atoms with E-state index in [0.717, 1.165) is 0 Å². The van der Waals surface area contributed by atoms with E-state index in [1.165, 1.54) is 6.33 Å². The number of rotatable bonds is 3. The highest BCUT2D eigenvalue weighted by atomic mass is 19.3. The number of amides is 1. The Kier molecular flexibility index (Phi) is 2.54. The van der Waals surface area contributed by atoms with Crippen molar-refractivity contribution in [1.82, 2.24) is 20.5 Å². The summed E-state index contributed by atoms with van der Waals surface area (Å²) in [6, 6.07) is 0. The highest BCUT2D eigenvalue weighted by molar-refractivity contribution is 5.82. The molecule has 2 N–H and O–H groups in total. The van der Waals surface area contributed by atoms with Crippen molar-refractivity contribution in [2.45, 2.75) is 19.4 Å². The molecule has 0 atom stereocenters. The minimum Gasteiger partial charge on any atom is -0.344 e. The number of H-pyrrole nitrogens is 1. The molecule has 0 saturated heterocycles. The van der Waals surface area contributed by atoms with Gasteiger partial charge in [0.1, 0.15) is 12.2 Å². The van der Waals surface area contributed by atoms with Crippen molar-refractivity contribution >= 4 is 5.91 Å². The highest BCUT2D eigenvalue weighted by Crippen LogP contribution is 2.10. The molecular formula is C6H8F2N4O. The van der Waals surface area contributed by atoms with Gasteiger partial charge < -0.3 is 5.32 Å². The third-order valence-electron chi connectivity index (χ3n) is 1.28. The van der Waals surface area contributed by atoms with Crippen LogP contribution < -0.4 is 5.32 Å². The number of nitrogens with one attached hydrogen (secondary N) is 2. The number of aromatic amines is 1. The zero-order valence-electron chi connectivity index (χ0n) is 6.84. The maximum absolute atomic E-state index is 12.3. The first-order valence-electron chi connectivity index (χ1n) is 3.50. The van der Waals surface area contributed by atoms with Gasteiger partial charge in [0.05, 0.1) is 6.54 Å². The highest BCUT2D eigenvalue weighted by Gasteiger charge is 2.31. The third-order valence-corrected chi connectivity index (χ3v) is 1.28. The Hall–Kier alpha value is -1.53. The number of hydrogen-bond donors (Lipinski definition) is 2. The molecule has 0 aliphatic carbocycles. The topological polar surface area (TPSA) is 70.7 Å². The fraction of sp³-hybridized carbons (Fsp3) is 0.500. The lowest BCUT2D eigenvalue weighted by Crippen LogP contribution is -2.37. The summed E-state index contributed by atoms with van der Waals surface area (Å²) in [5.41, 5.74) is 0. The van der Waals surface area contributed by atoms with Crippen LogP contribution in [0.1, 0.15) is 12.7 Å². The Morgan fingerprint density at radius 3 is 2.92 bits per heavy atom. The maximum atomic E-state index is 12.3. The molecule has 1 rings (SSSR count). The summed E-state index contributed by atoms with van der Waals surface area (Å²) in [7, 11) is 0. The first kappa shape index (κ1) is 9.56.